The minimum atomic E-state index is -0.190. The summed E-state index contributed by atoms with van der Waals surface area (Å²) < 4.78 is 16.3. The standard InChI is InChI=1S/C24H27NO5/c1-28-15-13-25(14-16-29-2)17-20-21(26)12-11-19-23(27)22(30-24(19)20)10-6-9-18-7-4-3-5-8-18/h3-12,26H,13-17H2,1-2H3/b9-6+,22-10+. The molecular weight excluding hydrogens is 382 g/mol. The van der Waals surface area contributed by atoms with E-state index in [1.807, 2.05) is 36.4 Å². The largest absolute Gasteiger partial charge is 0.507 e. The van der Waals surface area contributed by atoms with E-state index in [0.717, 1.165) is 5.56 Å². The lowest BCUT2D eigenvalue weighted by atomic mass is 10.0. The second kappa shape index (κ2) is 10.7. The Morgan fingerprint density at radius 3 is 2.40 bits per heavy atom. The molecule has 0 bridgehead atoms. The average Bonchev–Trinajstić information content (AvgIpc) is 3.08. The number of hydrogen-bond acceptors (Lipinski definition) is 6. The number of phenolic OH excluding ortho intramolecular Hbond substituents is 1. The number of ketones is 1. The van der Waals surface area contributed by atoms with Crippen LogP contribution in [0.15, 0.2) is 60.4 Å². The van der Waals surface area contributed by atoms with Crippen molar-refractivity contribution in [3.05, 3.63) is 77.1 Å². The van der Waals surface area contributed by atoms with Crippen LogP contribution < -0.4 is 4.74 Å². The van der Waals surface area contributed by atoms with Gasteiger partial charge in [0.05, 0.1) is 24.3 Å². The zero-order chi connectivity index (χ0) is 21.3. The van der Waals surface area contributed by atoms with Crippen molar-refractivity contribution in [3.8, 4) is 11.5 Å². The van der Waals surface area contributed by atoms with Crippen LogP contribution in [0.4, 0.5) is 0 Å². The van der Waals surface area contributed by atoms with Crippen molar-refractivity contribution in [2.24, 2.45) is 0 Å². The summed E-state index contributed by atoms with van der Waals surface area (Å²) in [7, 11) is 3.29. The van der Waals surface area contributed by atoms with Gasteiger partial charge in [-0.15, -0.1) is 0 Å². The third-order valence-electron chi connectivity index (χ3n) is 4.86. The van der Waals surface area contributed by atoms with Crippen LogP contribution in [-0.2, 0) is 16.0 Å². The molecule has 0 amide bonds. The molecule has 1 aliphatic heterocycles. The number of methoxy groups -OCH3 is 2. The van der Waals surface area contributed by atoms with E-state index in [4.69, 9.17) is 14.2 Å². The van der Waals surface area contributed by atoms with Gasteiger partial charge in [-0.2, -0.15) is 0 Å². The zero-order valence-electron chi connectivity index (χ0n) is 17.3. The summed E-state index contributed by atoms with van der Waals surface area (Å²) in [6.07, 6.45) is 5.35. The maximum absolute atomic E-state index is 12.8. The molecule has 0 spiro atoms. The Labute approximate surface area is 177 Å². The molecule has 0 saturated carbocycles. The van der Waals surface area contributed by atoms with Gasteiger partial charge in [-0.1, -0.05) is 42.5 Å². The van der Waals surface area contributed by atoms with Crippen LogP contribution in [0, 0.1) is 0 Å². The van der Waals surface area contributed by atoms with E-state index in [2.05, 4.69) is 4.90 Å². The Balaban J connectivity index is 1.81. The van der Waals surface area contributed by atoms with Gasteiger partial charge in [-0.25, -0.2) is 0 Å². The topological polar surface area (TPSA) is 68.2 Å². The summed E-state index contributed by atoms with van der Waals surface area (Å²) in [5.74, 6) is 0.565. The van der Waals surface area contributed by atoms with Crippen LogP contribution >= 0.6 is 0 Å². The first-order chi connectivity index (χ1) is 14.6. The molecule has 6 nitrogen and oxygen atoms in total. The molecule has 158 valence electrons. The van der Waals surface area contributed by atoms with Crippen molar-refractivity contribution in [2.45, 2.75) is 6.54 Å². The fourth-order valence-electron chi connectivity index (χ4n) is 3.21. The molecule has 0 fully saturated rings. The van der Waals surface area contributed by atoms with Gasteiger partial charge in [0.15, 0.2) is 5.76 Å². The van der Waals surface area contributed by atoms with Gasteiger partial charge in [0.25, 0.3) is 0 Å². The number of hydrogen-bond donors (Lipinski definition) is 1. The van der Waals surface area contributed by atoms with E-state index in [1.165, 1.54) is 0 Å². The second-order valence-electron chi connectivity index (χ2n) is 6.93. The molecule has 1 heterocycles. The van der Waals surface area contributed by atoms with Crippen LogP contribution in [0.5, 0.6) is 11.5 Å². The van der Waals surface area contributed by atoms with Crippen LogP contribution in [-0.4, -0.2) is 56.3 Å². The maximum atomic E-state index is 12.8. The first-order valence-electron chi connectivity index (χ1n) is 9.85. The minimum absolute atomic E-state index is 0.0995. The van der Waals surface area contributed by atoms with Crippen molar-refractivity contribution in [1.82, 2.24) is 4.90 Å². The lowest BCUT2D eigenvalue weighted by molar-refractivity contribution is 0.101. The third-order valence-corrected chi connectivity index (χ3v) is 4.86. The molecule has 0 aromatic heterocycles. The number of carbonyl (C=O) groups excluding carboxylic acids is 1. The molecule has 0 unspecified atom stereocenters. The van der Waals surface area contributed by atoms with Gasteiger partial charge in [0, 0.05) is 33.9 Å². The van der Waals surface area contributed by atoms with Gasteiger partial charge >= 0.3 is 0 Å². The molecule has 0 radical (unpaired) electrons. The quantitative estimate of drug-likeness (QED) is 0.604. The van der Waals surface area contributed by atoms with Crippen LogP contribution in [0.2, 0.25) is 0 Å². The molecule has 2 aromatic rings. The summed E-state index contributed by atoms with van der Waals surface area (Å²) in [5.41, 5.74) is 2.08. The van der Waals surface area contributed by atoms with Crippen molar-refractivity contribution >= 4 is 11.9 Å². The predicted octanol–water partition coefficient (Wildman–Crippen LogP) is 3.66. The van der Waals surface area contributed by atoms with Gasteiger partial charge < -0.3 is 19.3 Å². The molecule has 6 heteroatoms. The molecule has 1 aliphatic rings. The Morgan fingerprint density at radius 2 is 1.73 bits per heavy atom. The van der Waals surface area contributed by atoms with E-state index in [1.54, 1.807) is 38.5 Å². The van der Waals surface area contributed by atoms with Crippen molar-refractivity contribution in [2.75, 3.05) is 40.5 Å². The highest BCUT2D eigenvalue weighted by Gasteiger charge is 2.31. The van der Waals surface area contributed by atoms with E-state index < -0.39 is 0 Å². The highest BCUT2D eigenvalue weighted by Crippen LogP contribution is 2.39. The first-order valence-corrected chi connectivity index (χ1v) is 9.85. The van der Waals surface area contributed by atoms with Gasteiger partial charge in [-0.3, -0.25) is 9.69 Å². The first kappa shape index (κ1) is 21.8. The van der Waals surface area contributed by atoms with Gasteiger partial charge in [-0.05, 0) is 23.8 Å². The number of nitrogens with zero attached hydrogens (tertiary/aromatic N) is 1. The number of benzene rings is 2. The summed E-state index contributed by atoms with van der Waals surface area (Å²) in [5, 5.41) is 10.5. The smallest absolute Gasteiger partial charge is 0.231 e. The summed E-state index contributed by atoms with van der Waals surface area (Å²) >= 11 is 0. The lowest BCUT2D eigenvalue weighted by Gasteiger charge is -2.23. The summed E-state index contributed by atoms with van der Waals surface area (Å²) in [6.45, 7) is 2.85. The molecule has 3 rings (SSSR count). The SMILES string of the molecule is COCCN(CCOC)Cc1c(O)ccc2c1O/C(=C/C=C/c1ccccc1)C2=O. The lowest BCUT2D eigenvalue weighted by Crippen LogP contribution is -2.30. The number of ether oxygens (including phenoxy) is 3. The summed E-state index contributed by atoms with van der Waals surface area (Å²) in [6, 6.07) is 13.0. The normalized spacial score (nSPS) is 14.6. The molecule has 2 aromatic carbocycles. The highest BCUT2D eigenvalue weighted by molar-refractivity contribution is 6.12. The van der Waals surface area contributed by atoms with Crippen LogP contribution in [0.3, 0.4) is 0 Å². The zero-order valence-corrected chi connectivity index (χ0v) is 17.3. The van der Waals surface area contributed by atoms with Gasteiger partial charge in [0.1, 0.15) is 11.5 Å². The molecule has 1 N–H and O–H groups in total. The Morgan fingerprint density at radius 1 is 1.03 bits per heavy atom. The molecular formula is C24H27NO5. The maximum Gasteiger partial charge on any atom is 0.231 e. The Hall–Kier alpha value is -2.93. The fraction of sp³-hybridized carbons (Fsp3) is 0.292. The molecule has 0 atom stereocenters. The Kier molecular flexibility index (Phi) is 7.79. The number of rotatable bonds is 10. The second-order valence-corrected chi connectivity index (χ2v) is 6.93. The highest BCUT2D eigenvalue weighted by atomic mass is 16.5. The fourth-order valence-corrected chi connectivity index (χ4v) is 3.21. The summed E-state index contributed by atoms with van der Waals surface area (Å²) in [4.78, 5) is 14.9. The number of aromatic hydroxyl groups is 1. The predicted molar refractivity (Wildman–Crippen MR) is 116 cm³/mol. The molecule has 0 saturated heterocycles. The third kappa shape index (κ3) is 5.36. The average molecular weight is 409 g/mol. The number of carbonyl (C=O) groups is 1. The van der Waals surface area contributed by atoms with E-state index in [0.29, 0.717) is 49.7 Å². The van der Waals surface area contributed by atoms with E-state index >= 15 is 0 Å². The van der Waals surface area contributed by atoms with Crippen molar-refractivity contribution in [1.29, 1.82) is 0 Å². The monoisotopic (exact) mass is 409 g/mol. The molecule has 0 aliphatic carbocycles. The van der Waals surface area contributed by atoms with Crippen molar-refractivity contribution < 1.29 is 24.1 Å². The number of Topliss-reactive ketones (excluding diaryl/α,β-unsaturated/α-hetero) is 1. The number of allylic oxidation sites excluding steroid dienone is 3. The Bertz CT molecular complexity index is 913. The number of phenols is 1. The van der Waals surface area contributed by atoms with E-state index in [-0.39, 0.29) is 17.3 Å². The van der Waals surface area contributed by atoms with Crippen molar-refractivity contribution in [3.63, 3.8) is 0 Å². The van der Waals surface area contributed by atoms with Crippen LogP contribution in [0.1, 0.15) is 21.5 Å². The van der Waals surface area contributed by atoms with Crippen LogP contribution in [0.25, 0.3) is 6.08 Å². The van der Waals surface area contributed by atoms with E-state index in [9.17, 15) is 9.90 Å². The minimum Gasteiger partial charge on any atom is -0.507 e. The molecule has 30 heavy (non-hydrogen) atoms. The van der Waals surface area contributed by atoms with Gasteiger partial charge in [0.2, 0.25) is 5.78 Å². The number of fused-ring (bicyclic) bond motifs is 1.